The number of fused-ring (bicyclic) bond motifs is 1. The van der Waals surface area contributed by atoms with E-state index in [1.54, 1.807) is 4.52 Å². The number of hydrogen-bond donors (Lipinski definition) is 0. The molecule has 0 fully saturated rings. The Morgan fingerprint density at radius 3 is 2.94 bits per heavy atom. The van der Waals surface area contributed by atoms with Crippen LogP contribution in [0.25, 0.3) is 5.65 Å². The molecule has 0 saturated heterocycles. The van der Waals surface area contributed by atoms with Gasteiger partial charge in [-0.3, -0.25) is 0 Å². The largest absolute Gasteiger partial charge is 0.486 e. The molecule has 4 nitrogen and oxygen atoms in total. The molecule has 0 bridgehead atoms. The number of aryl methyl sites for hydroxylation is 1. The first-order valence-corrected chi connectivity index (χ1v) is 5.81. The predicted octanol–water partition coefficient (Wildman–Crippen LogP) is 2.62. The molecule has 18 heavy (non-hydrogen) atoms. The third kappa shape index (κ3) is 2.18. The molecule has 0 atom stereocenters. The number of aromatic nitrogens is 3. The summed E-state index contributed by atoms with van der Waals surface area (Å²) in [6, 6.07) is 13.7. The SMILES string of the molecule is Cc1cccc(OCc2nc3ccccn3n2)c1. The Morgan fingerprint density at radius 2 is 2.11 bits per heavy atom. The minimum atomic E-state index is 0.380. The van der Waals surface area contributed by atoms with Crippen LogP contribution in [0.3, 0.4) is 0 Å². The highest BCUT2D eigenvalue weighted by atomic mass is 16.5. The molecular formula is C14H13N3O. The average Bonchev–Trinajstić information content (AvgIpc) is 2.79. The fourth-order valence-corrected chi connectivity index (χ4v) is 1.79. The number of nitrogens with zero attached hydrogens (tertiary/aromatic N) is 3. The molecule has 0 saturated carbocycles. The van der Waals surface area contributed by atoms with Gasteiger partial charge in [-0.25, -0.2) is 9.50 Å². The molecule has 0 amide bonds. The van der Waals surface area contributed by atoms with Crippen molar-refractivity contribution in [2.75, 3.05) is 0 Å². The zero-order valence-electron chi connectivity index (χ0n) is 10.1. The van der Waals surface area contributed by atoms with Gasteiger partial charge in [-0.2, -0.15) is 0 Å². The van der Waals surface area contributed by atoms with E-state index in [0.29, 0.717) is 12.4 Å². The maximum Gasteiger partial charge on any atom is 0.189 e. The van der Waals surface area contributed by atoms with Crippen molar-refractivity contribution in [1.29, 1.82) is 0 Å². The lowest BCUT2D eigenvalue weighted by molar-refractivity contribution is 0.296. The monoisotopic (exact) mass is 239 g/mol. The fourth-order valence-electron chi connectivity index (χ4n) is 1.79. The van der Waals surface area contributed by atoms with Gasteiger partial charge in [-0.1, -0.05) is 18.2 Å². The first-order chi connectivity index (χ1) is 8.81. The highest BCUT2D eigenvalue weighted by Crippen LogP contribution is 2.13. The van der Waals surface area contributed by atoms with E-state index < -0.39 is 0 Å². The van der Waals surface area contributed by atoms with Crippen LogP contribution in [0.5, 0.6) is 5.75 Å². The Balaban J connectivity index is 1.76. The molecule has 0 radical (unpaired) electrons. The van der Waals surface area contributed by atoms with Crippen LogP contribution in [0.15, 0.2) is 48.7 Å². The summed E-state index contributed by atoms with van der Waals surface area (Å²) in [7, 11) is 0. The molecule has 0 aliphatic heterocycles. The van der Waals surface area contributed by atoms with Crippen molar-refractivity contribution in [1.82, 2.24) is 14.6 Å². The lowest BCUT2D eigenvalue weighted by Crippen LogP contribution is -1.98. The van der Waals surface area contributed by atoms with E-state index in [9.17, 15) is 0 Å². The number of pyridine rings is 1. The van der Waals surface area contributed by atoms with Gasteiger partial charge in [0.15, 0.2) is 11.5 Å². The molecule has 2 aromatic heterocycles. The van der Waals surface area contributed by atoms with Crippen LogP contribution in [0.1, 0.15) is 11.4 Å². The summed E-state index contributed by atoms with van der Waals surface area (Å²) in [6.07, 6.45) is 1.87. The van der Waals surface area contributed by atoms with Crippen molar-refractivity contribution in [3.05, 3.63) is 60.0 Å². The Kier molecular flexibility index (Phi) is 2.68. The lowest BCUT2D eigenvalue weighted by Gasteiger charge is -2.03. The molecular weight excluding hydrogens is 226 g/mol. The maximum absolute atomic E-state index is 5.66. The van der Waals surface area contributed by atoms with Crippen LogP contribution >= 0.6 is 0 Å². The van der Waals surface area contributed by atoms with Gasteiger partial charge < -0.3 is 4.74 Å². The molecule has 3 rings (SSSR count). The van der Waals surface area contributed by atoms with E-state index in [1.165, 1.54) is 5.56 Å². The van der Waals surface area contributed by atoms with Gasteiger partial charge in [0.25, 0.3) is 0 Å². The Morgan fingerprint density at radius 1 is 1.17 bits per heavy atom. The first kappa shape index (κ1) is 10.8. The third-order valence-electron chi connectivity index (χ3n) is 2.64. The van der Waals surface area contributed by atoms with E-state index in [1.807, 2.05) is 55.6 Å². The third-order valence-corrected chi connectivity index (χ3v) is 2.64. The van der Waals surface area contributed by atoms with Crippen LogP contribution in [-0.2, 0) is 6.61 Å². The highest BCUT2D eigenvalue weighted by molar-refractivity contribution is 5.36. The van der Waals surface area contributed by atoms with Gasteiger partial charge >= 0.3 is 0 Å². The summed E-state index contributed by atoms with van der Waals surface area (Å²) in [5, 5.41) is 4.33. The molecule has 1 aromatic carbocycles. The normalized spacial score (nSPS) is 10.7. The average molecular weight is 239 g/mol. The summed E-state index contributed by atoms with van der Waals surface area (Å²) in [6.45, 7) is 2.42. The smallest absolute Gasteiger partial charge is 0.189 e. The molecule has 0 N–H and O–H groups in total. The molecule has 4 heteroatoms. The van der Waals surface area contributed by atoms with E-state index in [2.05, 4.69) is 10.1 Å². The quantitative estimate of drug-likeness (QED) is 0.705. The summed E-state index contributed by atoms with van der Waals surface area (Å²) < 4.78 is 7.41. The number of rotatable bonds is 3. The second-order valence-electron chi connectivity index (χ2n) is 4.14. The Hall–Kier alpha value is -2.36. The number of benzene rings is 1. The van der Waals surface area contributed by atoms with Crippen molar-refractivity contribution >= 4 is 5.65 Å². The van der Waals surface area contributed by atoms with E-state index in [0.717, 1.165) is 11.4 Å². The van der Waals surface area contributed by atoms with Crippen LogP contribution in [0.2, 0.25) is 0 Å². The number of ether oxygens (including phenoxy) is 1. The standard InChI is InChI=1S/C14H13N3O/c1-11-5-4-6-12(9-11)18-10-13-15-14-7-2-3-8-17(14)16-13/h2-9H,10H2,1H3. The van der Waals surface area contributed by atoms with Gasteiger partial charge in [-0.15, -0.1) is 5.10 Å². The van der Waals surface area contributed by atoms with Gasteiger partial charge in [0.2, 0.25) is 0 Å². The summed E-state index contributed by atoms with van der Waals surface area (Å²) >= 11 is 0. The zero-order chi connectivity index (χ0) is 12.4. The zero-order valence-corrected chi connectivity index (χ0v) is 10.1. The van der Waals surface area contributed by atoms with E-state index >= 15 is 0 Å². The molecule has 0 aliphatic rings. The van der Waals surface area contributed by atoms with Crippen molar-refractivity contribution < 1.29 is 4.74 Å². The van der Waals surface area contributed by atoms with Crippen LogP contribution in [0.4, 0.5) is 0 Å². The first-order valence-electron chi connectivity index (χ1n) is 5.81. The molecule has 0 spiro atoms. The highest BCUT2D eigenvalue weighted by Gasteiger charge is 2.03. The van der Waals surface area contributed by atoms with Crippen LogP contribution in [-0.4, -0.2) is 14.6 Å². The second-order valence-corrected chi connectivity index (χ2v) is 4.14. The molecule has 0 unspecified atom stereocenters. The molecule has 3 aromatic rings. The minimum absolute atomic E-state index is 0.380. The summed E-state index contributed by atoms with van der Waals surface area (Å²) in [5.74, 6) is 1.52. The summed E-state index contributed by atoms with van der Waals surface area (Å²) in [5.41, 5.74) is 2.01. The van der Waals surface area contributed by atoms with Gasteiger partial charge in [0, 0.05) is 6.20 Å². The molecule has 2 heterocycles. The van der Waals surface area contributed by atoms with Gasteiger partial charge in [0.05, 0.1) is 0 Å². The maximum atomic E-state index is 5.66. The van der Waals surface area contributed by atoms with E-state index in [-0.39, 0.29) is 0 Å². The second kappa shape index (κ2) is 4.49. The predicted molar refractivity (Wildman–Crippen MR) is 68.5 cm³/mol. The van der Waals surface area contributed by atoms with Crippen molar-refractivity contribution in [2.45, 2.75) is 13.5 Å². The van der Waals surface area contributed by atoms with Crippen LogP contribution in [0, 0.1) is 6.92 Å². The minimum Gasteiger partial charge on any atom is -0.486 e. The Labute approximate surface area is 105 Å². The van der Waals surface area contributed by atoms with E-state index in [4.69, 9.17) is 4.74 Å². The topological polar surface area (TPSA) is 39.4 Å². The van der Waals surface area contributed by atoms with Crippen molar-refractivity contribution in [2.24, 2.45) is 0 Å². The molecule has 0 aliphatic carbocycles. The Bertz CT molecular complexity index is 642. The van der Waals surface area contributed by atoms with Crippen LogP contribution < -0.4 is 4.74 Å². The summed E-state index contributed by atoms with van der Waals surface area (Å²) in [4.78, 5) is 4.38. The molecule has 90 valence electrons. The van der Waals surface area contributed by atoms with Crippen molar-refractivity contribution in [3.63, 3.8) is 0 Å². The fraction of sp³-hybridized carbons (Fsp3) is 0.143. The lowest BCUT2D eigenvalue weighted by atomic mass is 10.2. The van der Waals surface area contributed by atoms with Gasteiger partial charge in [0.1, 0.15) is 12.4 Å². The van der Waals surface area contributed by atoms with Crippen molar-refractivity contribution in [3.8, 4) is 5.75 Å². The van der Waals surface area contributed by atoms with Gasteiger partial charge in [-0.05, 0) is 36.8 Å². The number of hydrogen-bond acceptors (Lipinski definition) is 3.